The molecule has 2 N–H and O–H groups in total. The minimum Gasteiger partial charge on any atom is -0.496 e. The molecule has 1 amide bonds. The lowest BCUT2D eigenvalue weighted by molar-refractivity contribution is 0.0486. The maximum atomic E-state index is 11.6. The van der Waals surface area contributed by atoms with Gasteiger partial charge in [-0.25, -0.2) is 10.2 Å². The van der Waals surface area contributed by atoms with Crippen molar-refractivity contribution < 1.29 is 14.3 Å². The molecule has 0 aliphatic carbocycles. The summed E-state index contributed by atoms with van der Waals surface area (Å²) in [6, 6.07) is 7.68. The van der Waals surface area contributed by atoms with Crippen LogP contribution in [0.15, 0.2) is 24.3 Å². The van der Waals surface area contributed by atoms with Gasteiger partial charge in [-0.3, -0.25) is 5.43 Å². The molecule has 5 nitrogen and oxygen atoms in total. The van der Waals surface area contributed by atoms with Crippen molar-refractivity contribution in [1.82, 2.24) is 10.9 Å². The van der Waals surface area contributed by atoms with Gasteiger partial charge in [-0.05, 0) is 33.3 Å². The van der Waals surface area contributed by atoms with Crippen LogP contribution in [0.5, 0.6) is 5.75 Å². The highest BCUT2D eigenvalue weighted by atomic mass is 16.6. The van der Waals surface area contributed by atoms with Crippen LogP contribution in [-0.4, -0.2) is 18.8 Å². The van der Waals surface area contributed by atoms with Crippen molar-refractivity contribution in [3.05, 3.63) is 29.8 Å². The van der Waals surface area contributed by atoms with E-state index in [0.717, 1.165) is 17.7 Å². The van der Waals surface area contributed by atoms with E-state index in [9.17, 15) is 4.79 Å². The Hall–Kier alpha value is -1.75. The molecule has 112 valence electrons. The van der Waals surface area contributed by atoms with Crippen LogP contribution >= 0.6 is 0 Å². The van der Waals surface area contributed by atoms with Gasteiger partial charge < -0.3 is 9.47 Å². The quantitative estimate of drug-likeness (QED) is 0.813. The largest absolute Gasteiger partial charge is 0.496 e. The Balaban J connectivity index is 2.66. The topological polar surface area (TPSA) is 59.6 Å². The van der Waals surface area contributed by atoms with Gasteiger partial charge in [0.25, 0.3) is 0 Å². The van der Waals surface area contributed by atoms with E-state index in [2.05, 4.69) is 10.9 Å². The lowest BCUT2D eigenvalue weighted by atomic mass is 10.0. The summed E-state index contributed by atoms with van der Waals surface area (Å²) in [4.78, 5) is 11.6. The van der Waals surface area contributed by atoms with Crippen LogP contribution in [0.2, 0.25) is 0 Å². The van der Waals surface area contributed by atoms with E-state index in [4.69, 9.17) is 9.47 Å². The first kappa shape index (κ1) is 16.3. The highest BCUT2D eigenvalue weighted by Gasteiger charge is 2.18. The van der Waals surface area contributed by atoms with Gasteiger partial charge >= 0.3 is 6.09 Å². The molecule has 0 saturated carbocycles. The average molecular weight is 280 g/mol. The van der Waals surface area contributed by atoms with Gasteiger partial charge in [-0.15, -0.1) is 0 Å². The third kappa shape index (κ3) is 5.09. The minimum absolute atomic E-state index is 0.0429. The van der Waals surface area contributed by atoms with Gasteiger partial charge in [0.05, 0.1) is 13.2 Å². The predicted octanol–water partition coefficient (Wildman–Crippen LogP) is 3.18. The summed E-state index contributed by atoms with van der Waals surface area (Å²) in [5.74, 6) is 0.790. The molecule has 1 aromatic carbocycles. The van der Waals surface area contributed by atoms with E-state index in [1.165, 1.54) is 0 Å². The number of benzene rings is 1. The van der Waals surface area contributed by atoms with E-state index in [1.54, 1.807) is 7.11 Å². The van der Waals surface area contributed by atoms with E-state index in [-0.39, 0.29) is 6.04 Å². The molecule has 20 heavy (non-hydrogen) atoms. The molecule has 1 atom stereocenters. The standard InChI is InChI=1S/C15H24N2O3/c1-6-12(11-9-7-8-10-13(11)19-5)16-17-14(18)20-15(2,3)4/h7-10,12,16H,6H2,1-5H3,(H,17,18). The molecule has 1 unspecified atom stereocenters. The van der Waals surface area contributed by atoms with Crippen molar-refractivity contribution >= 4 is 6.09 Å². The van der Waals surface area contributed by atoms with Crippen LogP contribution in [0.1, 0.15) is 45.7 Å². The lowest BCUT2D eigenvalue weighted by Crippen LogP contribution is -2.42. The van der Waals surface area contributed by atoms with Crippen LogP contribution in [0.25, 0.3) is 0 Å². The average Bonchev–Trinajstić information content (AvgIpc) is 2.38. The van der Waals surface area contributed by atoms with Crippen molar-refractivity contribution in [2.24, 2.45) is 0 Å². The van der Waals surface area contributed by atoms with Gasteiger partial charge in [0.2, 0.25) is 0 Å². The predicted molar refractivity (Wildman–Crippen MR) is 78.5 cm³/mol. The van der Waals surface area contributed by atoms with Crippen molar-refractivity contribution in [2.75, 3.05) is 7.11 Å². The summed E-state index contributed by atoms with van der Waals surface area (Å²) >= 11 is 0. The molecular weight excluding hydrogens is 256 g/mol. The lowest BCUT2D eigenvalue weighted by Gasteiger charge is -2.23. The highest BCUT2D eigenvalue weighted by molar-refractivity contribution is 5.67. The van der Waals surface area contributed by atoms with Gasteiger partial charge in [0.15, 0.2) is 0 Å². The molecule has 1 aromatic rings. The molecular formula is C15H24N2O3. The maximum Gasteiger partial charge on any atom is 0.422 e. The maximum absolute atomic E-state index is 11.6. The molecule has 1 rings (SSSR count). The summed E-state index contributed by atoms with van der Waals surface area (Å²) in [7, 11) is 1.63. The number of methoxy groups -OCH3 is 1. The minimum atomic E-state index is -0.516. The molecule has 0 spiro atoms. The number of carbonyl (C=O) groups excluding carboxylic acids is 1. The summed E-state index contributed by atoms with van der Waals surface area (Å²) < 4.78 is 10.5. The molecule has 0 radical (unpaired) electrons. The van der Waals surface area contributed by atoms with Crippen molar-refractivity contribution in [1.29, 1.82) is 0 Å². The Kier molecular flexibility index (Phi) is 5.82. The molecule has 0 saturated heterocycles. The van der Waals surface area contributed by atoms with Crippen molar-refractivity contribution in [3.8, 4) is 5.75 Å². The SMILES string of the molecule is CCC(NNC(=O)OC(C)(C)C)c1ccccc1OC. The molecule has 0 aliphatic rings. The van der Waals surface area contributed by atoms with Crippen LogP contribution in [0.4, 0.5) is 4.79 Å². The van der Waals surface area contributed by atoms with Crippen molar-refractivity contribution in [3.63, 3.8) is 0 Å². The first-order valence-corrected chi connectivity index (χ1v) is 6.74. The van der Waals surface area contributed by atoms with E-state index < -0.39 is 11.7 Å². The summed E-state index contributed by atoms with van der Waals surface area (Å²) in [5, 5.41) is 0. The third-order valence-electron chi connectivity index (χ3n) is 2.67. The third-order valence-corrected chi connectivity index (χ3v) is 2.67. The van der Waals surface area contributed by atoms with E-state index in [0.29, 0.717) is 0 Å². The molecule has 5 heteroatoms. The Labute approximate surface area is 120 Å². The Bertz CT molecular complexity index is 441. The number of amides is 1. The number of hydrogen-bond acceptors (Lipinski definition) is 4. The van der Waals surface area contributed by atoms with Gasteiger partial charge in [-0.1, -0.05) is 25.1 Å². The number of para-hydroxylation sites is 1. The van der Waals surface area contributed by atoms with E-state index in [1.807, 2.05) is 52.0 Å². The second kappa shape index (κ2) is 7.14. The van der Waals surface area contributed by atoms with Gasteiger partial charge in [-0.2, -0.15) is 0 Å². The zero-order valence-corrected chi connectivity index (χ0v) is 12.8. The monoisotopic (exact) mass is 280 g/mol. The van der Waals surface area contributed by atoms with Crippen molar-refractivity contribution in [2.45, 2.75) is 45.8 Å². The number of hydrogen-bond donors (Lipinski definition) is 2. The summed E-state index contributed by atoms with van der Waals surface area (Å²) in [6.45, 7) is 7.50. The van der Waals surface area contributed by atoms with Gasteiger partial charge in [0.1, 0.15) is 11.4 Å². The van der Waals surface area contributed by atoms with Crippen LogP contribution < -0.4 is 15.6 Å². The fourth-order valence-electron chi connectivity index (χ4n) is 1.80. The molecule has 0 aromatic heterocycles. The smallest absolute Gasteiger partial charge is 0.422 e. The highest BCUT2D eigenvalue weighted by Crippen LogP contribution is 2.26. The summed E-state index contributed by atoms with van der Waals surface area (Å²) in [5.41, 5.74) is 6.03. The number of nitrogens with one attached hydrogen (secondary N) is 2. The Morgan fingerprint density at radius 1 is 1.30 bits per heavy atom. The number of carbonyl (C=O) groups is 1. The second-order valence-electron chi connectivity index (χ2n) is 5.47. The van der Waals surface area contributed by atoms with Crippen LogP contribution in [0.3, 0.4) is 0 Å². The fourth-order valence-corrected chi connectivity index (χ4v) is 1.80. The number of hydrazine groups is 1. The Morgan fingerprint density at radius 2 is 1.95 bits per heavy atom. The van der Waals surface area contributed by atoms with E-state index >= 15 is 0 Å². The number of rotatable bonds is 5. The molecule has 0 heterocycles. The zero-order valence-electron chi connectivity index (χ0n) is 12.8. The van der Waals surface area contributed by atoms with Crippen LogP contribution in [-0.2, 0) is 4.74 Å². The molecule has 0 aliphatic heterocycles. The Morgan fingerprint density at radius 3 is 2.50 bits per heavy atom. The summed E-state index contributed by atoms with van der Waals surface area (Å²) in [6.07, 6.45) is 0.307. The molecule has 0 bridgehead atoms. The van der Waals surface area contributed by atoms with Gasteiger partial charge in [0, 0.05) is 5.56 Å². The van der Waals surface area contributed by atoms with Crippen LogP contribution in [0, 0.1) is 0 Å². The first-order chi connectivity index (χ1) is 9.37. The fraction of sp³-hybridized carbons (Fsp3) is 0.533. The first-order valence-electron chi connectivity index (χ1n) is 6.74. The zero-order chi connectivity index (χ0) is 15.2. The molecule has 0 fully saturated rings. The normalized spacial score (nSPS) is 12.7. The number of ether oxygens (including phenoxy) is 2. The second-order valence-corrected chi connectivity index (χ2v) is 5.47.